The van der Waals surface area contributed by atoms with Gasteiger partial charge < -0.3 is 17.8 Å². The van der Waals surface area contributed by atoms with Gasteiger partial charge >= 0.3 is 8.80 Å². The molecular weight excluding hydrogens is 234 g/mol. The Bertz CT molecular complexity index is 158. The van der Waals surface area contributed by atoms with E-state index in [-0.39, 0.29) is 0 Å². The van der Waals surface area contributed by atoms with Gasteiger partial charge in [0, 0.05) is 33.8 Å². The van der Waals surface area contributed by atoms with E-state index in [1.165, 1.54) is 30.7 Å². The van der Waals surface area contributed by atoms with Crippen molar-refractivity contribution in [1.29, 1.82) is 0 Å². The van der Waals surface area contributed by atoms with Crippen LogP contribution in [-0.2, 0) is 13.3 Å². The first-order valence-corrected chi connectivity index (χ1v) is 8.51. The number of hydrogen-bond acceptors (Lipinski definition) is 3. The highest BCUT2D eigenvalue weighted by Crippen LogP contribution is 2.17. The first kappa shape index (κ1) is 17.1. The van der Waals surface area contributed by atoms with Crippen LogP contribution in [0, 0.1) is 0 Å². The van der Waals surface area contributed by atoms with Crippen molar-refractivity contribution in [3.8, 4) is 0 Å². The molecule has 0 saturated heterocycles. The molecule has 0 radical (unpaired) electrons. The topological polar surface area (TPSA) is 27.7 Å². The molecular formula is C12H30NO3Si+. The summed E-state index contributed by atoms with van der Waals surface area (Å²) in [6.07, 6.45) is 1.09. The molecule has 0 spiro atoms. The van der Waals surface area contributed by atoms with E-state index in [0.717, 1.165) is 12.5 Å². The van der Waals surface area contributed by atoms with Gasteiger partial charge in [-0.1, -0.05) is 0 Å². The minimum Gasteiger partial charge on any atom is -0.377 e. The number of nitrogens with zero attached hydrogens (tertiary/aromatic N) is 1. The smallest absolute Gasteiger partial charge is 0.377 e. The molecule has 0 bridgehead atoms. The lowest BCUT2D eigenvalue weighted by Crippen LogP contribution is -2.49. The molecule has 0 aromatic heterocycles. The average Bonchev–Trinajstić information content (AvgIpc) is 2.41. The molecule has 0 unspecified atom stereocenters. The van der Waals surface area contributed by atoms with Gasteiger partial charge in [-0.15, -0.1) is 0 Å². The van der Waals surface area contributed by atoms with Gasteiger partial charge in [0.15, 0.2) is 0 Å². The molecule has 0 aliphatic rings. The maximum Gasteiger partial charge on any atom is 0.500 e. The Morgan fingerprint density at radius 2 is 1.24 bits per heavy atom. The molecule has 0 aromatic carbocycles. The van der Waals surface area contributed by atoms with Crippen LogP contribution in [-0.4, -0.2) is 60.8 Å². The fourth-order valence-electron chi connectivity index (χ4n) is 2.33. The van der Waals surface area contributed by atoms with Gasteiger partial charge in [0.05, 0.1) is 26.2 Å². The van der Waals surface area contributed by atoms with E-state index in [1.807, 2.05) is 0 Å². The standard InChI is InChI=1S/C12H30NO3Si/c1-7-13(8-2,9-3)11-10-12-17(14-4,15-5)16-6/h7-12H2,1-6H3/q+1. The van der Waals surface area contributed by atoms with Crippen LogP contribution in [0.5, 0.6) is 0 Å². The van der Waals surface area contributed by atoms with Gasteiger partial charge in [0.2, 0.25) is 0 Å². The molecule has 104 valence electrons. The summed E-state index contributed by atoms with van der Waals surface area (Å²) < 4.78 is 17.5. The van der Waals surface area contributed by atoms with Gasteiger partial charge in [-0.05, 0) is 20.8 Å². The van der Waals surface area contributed by atoms with Crippen molar-refractivity contribution in [2.75, 3.05) is 47.5 Å². The van der Waals surface area contributed by atoms with Gasteiger partial charge in [-0.3, -0.25) is 0 Å². The number of hydrogen-bond donors (Lipinski definition) is 0. The van der Waals surface area contributed by atoms with E-state index in [0.29, 0.717) is 0 Å². The minimum atomic E-state index is -2.37. The normalized spacial score (nSPS) is 13.1. The third kappa shape index (κ3) is 4.67. The molecule has 0 fully saturated rings. The van der Waals surface area contributed by atoms with Crippen molar-refractivity contribution < 1.29 is 17.8 Å². The van der Waals surface area contributed by atoms with Crippen molar-refractivity contribution in [3.05, 3.63) is 0 Å². The number of rotatable bonds is 10. The maximum atomic E-state index is 5.44. The minimum absolute atomic E-state index is 0.899. The molecule has 0 amide bonds. The maximum absolute atomic E-state index is 5.44. The Hall–Kier alpha value is 0.0569. The molecule has 0 saturated carbocycles. The lowest BCUT2D eigenvalue weighted by atomic mass is 10.3. The summed E-state index contributed by atoms with van der Waals surface area (Å²) in [5.74, 6) is 0. The second kappa shape index (κ2) is 8.21. The summed E-state index contributed by atoms with van der Waals surface area (Å²) in [6.45, 7) is 11.5. The van der Waals surface area contributed by atoms with Crippen LogP contribution < -0.4 is 0 Å². The molecule has 4 nitrogen and oxygen atoms in total. The van der Waals surface area contributed by atoms with E-state index in [9.17, 15) is 0 Å². The van der Waals surface area contributed by atoms with E-state index in [1.54, 1.807) is 21.3 Å². The highest BCUT2D eigenvalue weighted by Gasteiger charge is 2.38. The van der Waals surface area contributed by atoms with E-state index < -0.39 is 8.80 Å². The lowest BCUT2D eigenvalue weighted by molar-refractivity contribution is -0.923. The van der Waals surface area contributed by atoms with Crippen LogP contribution in [0.25, 0.3) is 0 Å². The van der Waals surface area contributed by atoms with Crippen LogP contribution in [0.1, 0.15) is 27.2 Å². The third-order valence-corrected chi connectivity index (χ3v) is 6.89. The van der Waals surface area contributed by atoms with Gasteiger partial charge in [0.25, 0.3) is 0 Å². The lowest BCUT2D eigenvalue weighted by Gasteiger charge is -2.36. The zero-order valence-electron chi connectivity index (χ0n) is 12.4. The third-order valence-electron chi connectivity index (χ3n) is 4.06. The molecule has 0 atom stereocenters. The van der Waals surface area contributed by atoms with Crippen molar-refractivity contribution >= 4 is 8.80 Å². The predicted octanol–water partition coefficient (Wildman–Crippen LogP) is 2.13. The zero-order chi connectivity index (χ0) is 13.4. The second-order valence-corrected chi connectivity index (χ2v) is 7.50. The second-order valence-electron chi connectivity index (χ2n) is 4.41. The molecule has 0 aliphatic carbocycles. The summed E-state index contributed by atoms with van der Waals surface area (Å²) >= 11 is 0. The first-order chi connectivity index (χ1) is 8.07. The van der Waals surface area contributed by atoms with Gasteiger partial charge in [-0.25, -0.2) is 0 Å². The summed E-state index contributed by atoms with van der Waals surface area (Å²) in [5.41, 5.74) is 0. The van der Waals surface area contributed by atoms with Crippen LogP contribution in [0.2, 0.25) is 6.04 Å². The van der Waals surface area contributed by atoms with Crippen LogP contribution in [0.3, 0.4) is 0 Å². The zero-order valence-corrected chi connectivity index (χ0v) is 13.4. The summed E-state index contributed by atoms with van der Waals surface area (Å²) in [7, 11) is 2.68. The highest BCUT2D eigenvalue weighted by molar-refractivity contribution is 6.60. The first-order valence-electron chi connectivity index (χ1n) is 6.58. The molecule has 0 N–H and O–H groups in total. The predicted molar refractivity (Wildman–Crippen MR) is 73.0 cm³/mol. The highest BCUT2D eigenvalue weighted by atomic mass is 28.4. The molecule has 0 aromatic rings. The molecule has 0 aliphatic heterocycles. The molecule has 0 rings (SSSR count). The fourth-order valence-corrected chi connectivity index (χ4v) is 4.04. The van der Waals surface area contributed by atoms with Crippen molar-refractivity contribution in [3.63, 3.8) is 0 Å². The fraction of sp³-hybridized carbons (Fsp3) is 1.00. The monoisotopic (exact) mass is 264 g/mol. The van der Waals surface area contributed by atoms with Crippen LogP contribution >= 0.6 is 0 Å². The Morgan fingerprint density at radius 3 is 1.53 bits per heavy atom. The quantitative estimate of drug-likeness (QED) is 0.447. The Kier molecular flexibility index (Phi) is 8.24. The SMILES string of the molecule is CC[N+](CC)(CC)CCC[Si](OC)(OC)OC. The van der Waals surface area contributed by atoms with E-state index >= 15 is 0 Å². The summed E-state index contributed by atoms with van der Waals surface area (Å²) in [6, 6.07) is 0.899. The summed E-state index contributed by atoms with van der Waals surface area (Å²) in [4.78, 5) is 0. The Balaban J connectivity index is 4.28. The van der Waals surface area contributed by atoms with Crippen LogP contribution in [0.4, 0.5) is 0 Å². The largest absolute Gasteiger partial charge is 0.500 e. The van der Waals surface area contributed by atoms with Gasteiger partial charge in [0.1, 0.15) is 0 Å². The van der Waals surface area contributed by atoms with E-state index in [4.69, 9.17) is 13.3 Å². The Labute approximate surface area is 108 Å². The van der Waals surface area contributed by atoms with E-state index in [2.05, 4.69) is 20.8 Å². The Morgan fingerprint density at radius 1 is 0.824 bits per heavy atom. The van der Waals surface area contributed by atoms with Gasteiger partial charge in [-0.2, -0.15) is 0 Å². The average molecular weight is 264 g/mol. The van der Waals surface area contributed by atoms with Crippen molar-refractivity contribution in [2.24, 2.45) is 0 Å². The molecule has 5 heteroatoms. The molecule has 0 heterocycles. The number of quaternary nitrogens is 1. The van der Waals surface area contributed by atoms with Crippen molar-refractivity contribution in [2.45, 2.75) is 33.2 Å². The van der Waals surface area contributed by atoms with Crippen molar-refractivity contribution in [1.82, 2.24) is 0 Å². The molecule has 17 heavy (non-hydrogen) atoms. The van der Waals surface area contributed by atoms with Crippen LogP contribution in [0.15, 0.2) is 0 Å². The summed E-state index contributed by atoms with van der Waals surface area (Å²) in [5, 5.41) is 0.